The minimum absolute atomic E-state index is 0.146. The van der Waals surface area contributed by atoms with Crippen molar-refractivity contribution in [3.05, 3.63) is 48.3 Å². The maximum atomic E-state index is 12.3. The summed E-state index contributed by atoms with van der Waals surface area (Å²) in [4.78, 5) is 0.146. The molecule has 21 heavy (non-hydrogen) atoms. The van der Waals surface area contributed by atoms with E-state index < -0.39 is 16.1 Å². The molecule has 0 aliphatic carbocycles. The van der Waals surface area contributed by atoms with Crippen LogP contribution in [0.4, 0.5) is 0 Å². The SMILES string of the molecule is CC(Cn1cccn1)NS(=O)(=O)c1cccc(C(C)O)c1. The lowest BCUT2D eigenvalue weighted by Gasteiger charge is -2.15. The van der Waals surface area contributed by atoms with Crippen LogP contribution in [0, 0.1) is 0 Å². The van der Waals surface area contributed by atoms with Crippen LogP contribution in [0.2, 0.25) is 0 Å². The second kappa shape index (κ2) is 6.38. The molecular formula is C14H19N3O3S. The summed E-state index contributed by atoms with van der Waals surface area (Å²) in [5.74, 6) is 0. The van der Waals surface area contributed by atoms with Crippen molar-refractivity contribution in [2.24, 2.45) is 0 Å². The fraction of sp³-hybridized carbons (Fsp3) is 0.357. The van der Waals surface area contributed by atoms with Crippen LogP contribution in [0.3, 0.4) is 0 Å². The Balaban J connectivity index is 2.12. The Morgan fingerprint density at radius 1 is 1.33 bits per heavy atom. The van der Waals surface area contributed by atoms with Gasteiger partial charge in [0.2, 0.25) is 10.0 Å². The van der Waals surface area contributed by atoms with E-state index >= 15 is 0 Å². The Labute approximate surface area is 124 Å². The average molecular weight is 309 g/mol. The fourth-order valence-corrected chi connectivity index (χ4v) is 3.29. The van der Waals surface area contributed by atoms with Crippen LogP contribution < -0.4 is 4.72 Å². The number of benzene rings is 1. The Kier molecular flexibility index (Phi) is 4.76. The number of nitrogens with one attached hydrogen (secondary N) is 1. The van der Waals surface area contributed by atoms with E-state index in [0.717, 1.165) is 0 Å². The molecule has 2 atom stereocenters. The van der Waals surface area contributed by atoms with Gasteiger partial charge in [-0.3, -0.25) is 4.68 Å². The predicted octanol–water partition coefficient (Wildman–Crippen LogP) is 1.30. The molecule has 0 fully saturated rings. The highest BCUT2D eigenvalue weighted by atomic mass is 32.2. The largest absolute Gasteiger partial charge is 0.389 e. The molecule has 1 aromatic carbocycles. The molecule has 2 rings (SSSR count). The van der Waals surface area contributed by atoms with Crippen molar-refractivity contribution in [3.8, 4) is 0 Å². The van der Waals surface area contributed by atoms with E-state index in [4.69, 9.17) is 0 Å². The van der Waals surface area contributed by atoms with Gasteiger partial charge in [-0.05, 0) is 37.6 Å². The Bertz CT molecular complexity index is 681. The van der Waals surface area contributed by atoms with Gasteiger partial charge in [0.25, 0.3) is 0 Å². The number of hydrogen-bond acceptors (Lipinski definition) is 4. The van der Waals surface area contributed by atoms with Gasteiger partial charge in [-0.2, -0.15) is 5.10 Å². The highest BCUT2D eigenvalue weighted by molar-refractivity contribution is 7.89. The molecule has 0 bridgehead atoms. The van der Waals surface area contributed by atoms with E-state index in [2.05, 4.69) is 9.82 Å². The molecule has 0 spiro atoms. The molecule has 114 valence electrons. The molecule has 0 aliphatic heterocycles. The standard InChI is InChI=1S/C14H19N3O3S/c1-11(10-17-8-4-7-15-17)16-21(19,20)14-6-3-5-13(9-14)12(2)18/h3-9,11-12,16,18H,10H2,1-2H3. The van der Waals surface area contributed by atoms with Crippen molar-refractivity contribution < 1.29 is 13.5 Å². The normalized spacial score (nSPS) is 14.8. The highest BCUT2D eigenvalue weighted by Gasteiger charge is 2.18. The van der Waals surface area contributed by atoms with E-state index in [1.54, 1.807) is 49.1 Å². The van der Waals surface area contributed by atoms with Crippen molar-refractivity contribution in [1.82, 2.24) is 14.5 Å². The lowest BCUT2D eigenvalue weighted by molar-refractivity contribution is 0.199. The number of nitrogens with zero attached hydrogens (tertiary/aromatic N) is 2. The summed E-state index contributed by atoms with van der Waals surface area (Å²) < 4.78 is 28.9. The zero-order valence-corrected chi connectivity index (χ0v) is 12.8. The molecule has 0 saturated heterocycles. The van der Waals surface area contributed by atoms with Crippen LogP contribution in [-0.2, 0) is 16.6 Å². The van der Waals surface area contributed by atoms with E-state index in [0.29, 0.717) is 12.1 Å². The quantitative estimate of drug-likeness (QED) is 0.842. The second-order valence-corrected chi connectivity index (χ2v) is 6.71. The molecule has 1 heterocycles. The van der Waals surface area contributed by atoms with Crippen LogP contribution in [0.5, 0.6) is 0 Å². The van der Waals surface area contributed by atoms with Gasteiger partial charge in [0.15, 0.2) is 0 Å². The first kappa shape index (κ1) is 15.7. The first-order valence-corrected chi connectivity index (χ1v) is 8.14. The third-order valence-corrected chi connectivity index (χ3v) is 4.61. The van der Waals surface area contributed by atoms with Gasteiger partial charge < -0.3 is 5.11 Å². The van der Waals surface area contributed by atoms with Gasteiger partial charge in [-0.25, -0.2) is 13.1 Å². The van der Waals surface area contributed by atoms with E-state index in [1.807, 2.05) is 0 Å². The zero-order valence-electron chi connectivity index (χ0n) is 12.0. The first-order valence-electron chi connectivity index (χ1n) is 6.66. The van der Waals surface area contributed by atoms with Gasteiger partial charge >= 0.3 is 0 Å². The van der Waals surface area contributed by atoms with Crippen LogP contribution in [0.1, 0.15) is 25.5 Å². The van der Waals surface area contributed by atoms with Crippen molar-refractivity contribution in [3.63, 3.8) is 0 Å². The smallest absolute Gasteiger partial charge is 0.240 e. The summed E-state index contributed by atoms with van der Waals surface area (Å²) in [5, 5.41) is 13.6. The van der Waals surface area contributed by atoms with Crippen LogP contribution >= 0.6 is 0 Å². The Morgan fingerprint density at radius 2 is 2.10 bits per heavy atom. The fourth-order valence-electron chi connectivity index (χ4n) is 2.00. The van der Waals surface area contributed by atoms with Gasteiger partial charge in [0.05, 0.1) is 17.5 Å². The number of hydrogen-bond donors (Lipinski definition) is 2. The highest BCUT2D eigenvalue weighted by Crippen LogP contribution is 2.17. The molecule has 1 aromatic heterocycles. The molecule has 2 unspecified atom stereocenters. The van der Waals surface area contributed by atoms with Crippen molar-refractivity contribution in [2.75, 3.05) is 0 Å². The van der Waals surface area contributed by atoms with Crippen LogP contribution in [-0.4, -0.2) is 29.3 Å². The monoisotopic (exact) mass is 309 g/mol. The molecule has 2 N–H and O–H groups in total. The summed E-state index contributed by atoms with van der Waals surface area (Å²) in [5.41, 5.74) is 0.567. The minimum Gasteiger partial charge on any atom is -0.389 e. The maximum Gasteiger partial charge on any atom is 0.240 e. The average Bonchev–Trinajstić information content (AvgIpc) is 2.91. The molecule has 2 aromatic rings. The van der Waals surface area contributed by atoms with Crippen molar-refractivity contribution >= 4 is 10.0 Å². The molecule has 7 heteroatoms. The van der Waals surface area contributed by atoms with E-state index in [-0.39, 0.29) is 10.9 Å². The number of sulfonamides is 1. The number of aliphatic hydroxyl groups is 1. The van der Waals surface area contributed by atoms with Gasteiger partial charge in [0, 0.05) is 18.4 Å². The molecule has 0 saturated carbocycles. The van der Waals surface area contributed by atoms with Crippen LogP contribution in [0.25, 0.3) is 0 Å². The molecular weight excluding hydrogens is 290 g/mol. The zero-order chi connectivity index (χ0) is 15.5. The third-order valence-electron chi connectivity index (χ3n) is 3.03. The molecule has 0 aliphatic rings. The second-order valence-electron chi connectivity index (χ2n) is 5.00. The molecule has 0 radical (unpaired) electrons. The van der Waals surface area contributed by atoms with Crippen molar-refractivity contribution in [2.45, 2.75) is 37.4 Å². The predicted molar refractivity (Wildman–Crippen MR) is 79.1 cm³/mol. The first-order chi connectivity index (χ1) is 9.88. The number of aliphatic hydroxyl groups excluding tert-OH is 1. The van der Waals surface area contributed by atoms with Crippen LogP contribution in [0.15, 0.2) is 47.6 Å². The summed E-state index contributed by atoms with van der Waals surface area (Å²) in [6, 6.07) is 7.78. The van der Waals surface area contributed by atoms with Gasteiger partial charge in [-0.15, -0.1) is 0 Å². The lowest BCUT2D eigenvalue weighted by atomic mass is 10.1. The molecule has 6 nitrogen and oxygen atoms in total. The van der Waals surface area contributed by atoms with Crippen molar-refractivity contribution in [1.29, 1.82) is 0 Å². The Morgan fingerprint density at radius 3 is 2.71 bits per heavy atom. The number of rotatable bonds is 6. The molecule has 0 amide bonds. The summed E-state index contributed by atoms with van der Waals surface area (Å²) in [6.45, 7) is 3.82. The lowest BCUT2D eigenvalue weighted by Crippen LogP contribution is -2.35. The number of aromatic nitrogens is 2. The van der Waals surface area contributed by atoms with E-state index in [1.165, 1.54) is 12.1 Å². The maximum absolute atomic E-state index is 12.3. The van der Waals surface area contributed by atoms with Gasteiger partial charge in [-0.1, -0.05) is 12.1 Å². The van der Waals surface area contributed by atoms with E-state index in [9.17, 15) is 13.5 Å². The third kappa shape index (κ3) is 4.13. The Hall–Kier alpha value is -1.70. The topological polar surface area (TPSA) is 84.2 Å². The van der Waals surface area contributed by atoms with Gasteiger partial charge in [0.1, 0.15) is 0 Å². The summed E-state index contributed by atoms with van der Waals surface area (Å²) >= 11 is 0. The summed E-state index contributed by atoms with van der Waals surface area (Å²) in [7, 11) is -3.62. The minimum atomic E-state index is -3.62. The summed E-state index contributed by atoms with van der Waals surface area (Å²) in [6.07, 6.45) is 2.72.